The Morgan fingerprint density at radius 3 is 2.50 bits per heavy atom. The average Bonchev–Trinajstić information content (AvgIpc) is 2.52. The topological polar surface area (TPSA) is 67.4 Å². The van der Waals surface area contributed by atoms with Gasteiger partial charge in [0.15, 0.2) is 6.61 Å². The number of halogens is 2. The fraction of sp³-hybridized carbons (Fsp3) is 0.0667. The second kappa shape index (κ2) is 7.56. The van der Waals surface area contributed by atoms with Crippen LogP contribution in [0.3, 0.4) is 0 Å². The van der Waals surface area contributed by atoms with Gasteiger partial charge in [-0.05, 0) is 46.3 Å². The average molecular weight is 367 g/mol. The number of benzene rings is 2. The van der Waals surface area contributed by atoms with Gasteiger partial charge in [-0.2, -0.15) is 0 Å². The molecule has 7 heteroatoms. The van der Waals surface area contributed by atoms with E-state index in [1.807, 2.05) is 0 Å². The molecule has 0 unspecified atom stereocenters. The first-order valence-corrected chi connectivity index (χ1v) is 7.07. The van der Waals surface area contributed by atoms with Crippen molar-refractivity contribution in [3.05, 3.63) is 64.4 Å². The van der Waals surface area contributed by atoms with Gasteiger partial charge in [0.2, 0.25) is 0 Å². The minimum absolute atomic E-state index is 0.320. The zero-order chi connectivity index (χ0) is 15.9. The van der Waals surface area contributed by atoms with Crippen molar-refractivity contribution in [2.45, 2.75) is 0 Å². The van der Waals surface area contributed by atoms with Gasteiger partial charge in [0.05, 0.1) is 4.47 Å². The lowest BCUT2D eigenvalue weighted by Gasteiger charge is -2.09. The number of rotatable bonds is 4. The highest BCUT2D eigenvalue weighted by molar-refractivity contribution is 9.10. The van der Waals surface area contributed by atoms with Crippen molar-refractivity contribution in [3.8, 4) is 5.75 Å². The molecule has 0 aliphatic rings. The maximum atomic E-state index is 12.9. The monoisotopic (exact) mass is 366 g/mol. The van der Waals surface area contributed by atoms with Crippen molar-refractivity contribution in [1.82, 2.24) is 10.9 Å². The highest BCUT2D eigenvalue weighted by Crippen LogP contribution is 2.25. The quantitative estimate of drug-likeness (QED) is 0.816. The molecule has 2 rings (SSSR count). The number of carbonyl (C=O) groups excluding carboxylic acids is 2. The van der Waals surface area contributed by atoms with Crippen LogP contribution in [0.2, 0.25) is 0 Å². The summed E-state index contributed by atoms with van der Waals surface area (Å²) in [6.07, 6.45) is 0. The van der Waals surface area contributed by atoms with Crippen LogP contribution in [-0.4, -0.2) is 18.4 Å². The molecule has 0 heterocycles. The van der Waals surface area contributed by atoms with E-state index in [2.05, 4.69) is 26.8 Å². The van der Waals surface area contributed by atoms with Crippen LogP contribution in [-0.2, 0) is 4.79 Å². The Morgan fingerprint density at radius 1 is 1.09 bits per heavy atom. The molecule has 0 saturated carbocycles. The van der Waals surface area contributed by atoms with Crippen molar-refractivity contribution in [3.63, 3.8) is 0 Å². The van der Waals surface area contributed by atoms with Gasteiger partial charge in [0.25, 0.3) is 11.8 Å². The summed E-state index contributed by atoms with van der Waals surface area (Å²) in [5, 5.41) is 0. The molecule has 0 aliphatic heterocycles. The van der Waals surface area contributed by atoms with Crippen molar-refractivity contribution in [2.24, 2.45) is 0 Å². The largest absolute Gasteiger partial charge is 0.483 e. The van der Waals surface area contributed by atoms with E-state index in [4.69, 9.17) is 4.74 Å². The Kier molecular flexibility index (Phi) is 5.48. The highest BCUT2D eigenvalue weighted by atomic mass is 79.9. The molecular formula is C15H12BrFN2O3. The fourth-order valence-corrected chi connectivity index (χ4v) is 2.03. The molecule has 0 aliphatic carbocycles. The Bertz CT molecular complexity index is 680. The summed E-state index contributed by atoms with van der Waals surface area (Å²) in [6, 6.07) is 12.3. The summed E-state index contributed by atoms with van der Waals surface area (Å²) in [6.45, 7) is -0.320. The minimum atomic E-state index is -0.541. The lowest BCUT2D eigenvalue weighted by molar-refractivity contribution is -0.123. The number of ether oxygens (including phenoxy) is 1. The van der Waals surface area contributed by atoms with E-state index in [0.717, 1.165) is 0 Å². The molecule has 2 aromatic carbocycles. The van der Waals surface area contributed by atoms with Gasteiger partial charge in [-0.15, -0.1) is 0 Å². The first-order valence-electron chi connectivity index (χ1n) is 6.28. The van der Waals surface area contributed by atoms with Crippen LogP contribution in [0.5, 0.6) is 5.75 Å². The zero-order valence-corrected chi connectivity index (χ0v) is 12.9. The van der Waals surface area contributed by atoms with Gasteiger partial charge < -0.3 is 4.74 Å². The zero-order valence-electron chi connectivity index (χ0n) is 11.3. The molecule has 0 saturated heterocycles. The van der Waals surface area contributed by atoms with Gasteiger partial charge in [-0.1, -0.05) is 18.2 Å². The van der Waals surface area contributed by atoms with E-state index in [-0.39, 0.29) is 6.61 Å². The minimum Gasteiger partial charge on any atom is -0.483 e. The fourth-order valence-electron chi connectivity index (χ4n) is 1.56. The molecule has 0 atom stereocenters. The standard InChI is InChI=1S/C15H12BrFN2O3/c16-12-8-11(17)6-7-13(12)22-9-14(20)18-19-15(21)10-4-2-1-3-5-10/h1-8H,9H2,(H,18,20)(H,19,21). The van der Waals surface area contributed by atoms with Crippen molar-refractivity contribution in [1.29, 1.82) is 0 Å². The van der Waals surface area contributed by atoms with Crippen LogP contribution in [0.1, 0.15) is 10.4 Å². The second-order valence-corrected chi connectivity index (χ2v) is 5.09. The molecule has 22 heavy (non-hydrogen) atoms. The van der Waals surface area contributed by atoms with Gasteiger partial charge >= 0.3 is 0 Å². The summed E-state index contributed by atoms with van der Waals surface area (Å²) in [7, 11) is 0. The van der Waals surface area contributed by atoms with Crippen LogP contribution < -0.4 is 15.6 Å². The molecule has 0 radical (unpaired) electrons. The SMILES string of the molecule is O=C(COc1ccc(F)cc1Br)NNC(=O)c1ccccc1. The molecule has 0 fully saturated rings. The number of hydrazine groups is 1. The Balaban J connectivity index is 1.80. The Labute approximate surface area is 134 Å². The van der Waals surface area contributed by atoms with E-state index in [0.29, 0.717) is 15.8 Å². The molecule has 0 aromatic heterocycles. The third kappa shape index (κ3) is 4.56. The smallest absolute Gasteiger partial charge is 0.276 e. The third-order valence-electron chi connectivity index (χ3n) is 2.60. The highest BCUT2D eigenvalue weighted by Gasteiger charge is 2.09. The number of carbonyl (C=O) groups is 2. The maximum Gasteiger partial charge on any atom is 0.276 e. The van der Waals surface area contributed by atoms with E-state index in [1.165, 1.54) is 18.2 Å². The van der Waals surface area contributed by atoms with E-state index in [9.17, 15) is 14.0 Å². The summed E-state index contributed by atoms with van der Waals surface area (Å²) in [5.41, 5.74) is 4.92. The summed E-state index contributed by atoms with van der Waals surface area (Å²) in [5.74, 6) is -1.07. The third-order valence-corrected chi connectivity index (χ3v) is 3.22. The molecule has 0 spiro atoms. The van der Waals surface area contributed by atoms with E-state index >= 15 is 0 Å². The maximum absolute atomic E-state index is 12.9. The van der Waals surface area contributed by atoms with Crippen LogP contribution in [0.15, 0.2) is 53.0 Å². The Morgan fingerprint density at radius 2 is 1.82 bits per heavy atom. The van der Waals surface area contributed by atoms with Gasteiger partial charge in [0.1, 0.15) is 11.6 Å². The summed E-state index contributed by atoms with van der Waals surface area (Å²) < 4.78 is 18.5. The number of hydrogen-bond acceptors (Lipinski definition) is 3. The summed E-state index contributed by atoms with van der Waals surface area (Å²) >= 11 is 3.12. The molecule has 2 aromatic rings. The predicted octanol–water partition coefficient (Wildman–Crippen LogP) is 2.43. The summed E-state index contributed by atoms with van der Waals surface area (Å²) in [4.78, 5) is 23.3. The van der Waals surface area contributed by atoms with Crippen molar-refractivity contribution >= 4 is 27.7 Å². The van der Waals surface area contributed by atoms with Gasteiger partial charge in [-0.3, -0.25) is 20.4 Å². The van der Waals surface area contributed by atoms with Crippen LogP contribution in [0, 0.1) is 5.82 Å². The number of hydrogen-bond donors (Lipinski definition) is 2. The van der Waals surface area contributed by atoms with E-state index in [1.54, 1.807) is 30.3 Å². The molecular weight excluding hydrogens is 355 g/mol. The van der Waals surface area contributed by atoms with Crippen LogP contribution >= 0.6 is 15.9 Å². The van der Waals surface area contributed by atoms with Gasteiger partial charge in [-0.25, -0.2) is 4.39 Å². The van der Waals surface area contributed by atoms with E-state index < -0.39 is 17.6 Å². The molecule has 5 nitrogen and oxygen atoms in total. The molecule has 2 N–H and O–H groups in total. The first-order chi connectivity index (χ1) is 10.6. The van der Waals surface area contributed by atoms with Gasteiger partial charge in [0, 0.05) is 5.56 Å². The number of nitrogens with one attached hydrogen (secondary N) is 2. The second-order valence-electron chi connectivity index (χ2n) is 4.23. The molecule has 0 bridgehead atoms. The lowest BCUT2D eigenvalue weighted by Crippen LogP contribution is -2.43. The number of amides is 2. The van der Waals surface area contributed by atoms with Crippen LogP contribution in [0.4, 0.5) is 4.39 Å². The molecule has 114 valence electrons. The predicted molar refractivity (Wildman–Crippen MR) is 81.6 cm³/mol. The lowest BCUT2D eigenvalue weighted by atomic mass is 10.2. The molecule has 2 amide bonds. The normalized spacial score (nSPS) is 9.91. The first kappa shape index (κ1) is 16.0. The Hall–Kier alpha value is -2.41. The van der Waals surface area contributed by atoms with Crippen molar-refractivity contribution in [2.75, 3.05) is 6.61 Å². The van der Waals surface area contributed by atoms with Crippen LogP contribution in [0.25, 0.3) is 0 Å². The van der Waals surface area contributed by atoms with Crippen molar-refractivity contribution < 1.29 is 18.7 Å².